The topological polar surface area (TPSA) is 38.5 Å². The van der Waals surface area contributed by atoms with Gasteiger partial charge in [0.25, 0.3) is 0 Å². The van der Waals surface area contributed by atoms with E-state index in [1.54, 1.807) is 0 Å². The highest BCUT2D eigenvalue weighted by atomic mass is 16.5. The molecule has 1 heterocycles. The Bertz CT molecular complexity index is 425. The number of hydrogen-bond acceptors (Lipinski definition) is 3. The number of aryl methyl sites for hydroxylation is 2. The number of piperidine rings is 1. The van der Waals surface area contributed by atoms with Gasteiger partial charge < -0.3 is 10.5 Å². The summed E-state index contributed by atoms with van der Waals surface area (Å²) >= 11 is 0. The number of benzene rings is 1. The third kappa shape index (κ3) is 5.01. The largest absolute Gasteiger partial charge is 0.494 e. The normalized spacial score (nSPS) is 21.2. The van der Waals surface area contributed by atoms with E-state index in [-0.39, 0.29) is 6.04 Å². The van der Waals surface area contributed by atoms with Crippen LogP contribution < -0.4 is 10.5 Å². The molecule has 1 saturated heterocycles. The molecule has 1 aliphatic heterocycles. The monoisotopic (exact) mass is 290 g/mol. The van der Waals surface area contributed by atoms with Crippen molar-refractivity contribution in [2.75, 3.05) is 19.7 Å². The molecular formula is C18H30N2O. The van der Waals surface area contributed by atoms with E-state index in [0.717, 1.165) is 25.3 Å². The molecule has 0 bridgehead atoms. The Morgan fingerprint density at radius 3 is 2.62 bits per heavy atom. The standard InChI is InChI=1S/C18H30N2O/c1-14-11-15(2)13-17(12-14)21-10-6-9-20-8-5-4-7-18(20)16(3)19/h11-13,16,18H,4-10,19H2,1-3H3. The van der Waals surface area contributed by atoms with Crippen LogP contribution in [0.4, 0.5) is 0 Å². The molecular weight excluding hydrogens is 260 g/mol. The summed E-state index contributed by atoms with van der Waals surface area (Å²) in [5.74, 6) is 0.995. The second-order valence-electron chi connectivity index (χ2n) is 6.48. The second-order valence-corrected chi connectivity index (χ2v) is 6.48. The van der Waals surface area contributed by atoms with E-state index in [9.17, 15) is 0 Å². The summed E-state index contributed by atoms with van der Waals surface area (Å²) in [5.41, 5.74) is 8.64. The predicted octanol–water partition coefficient (Wildman–Crippen LogP) is 3.27. The van der Waals surface area contributed by atoms with Crippen LogP contribution in [0, 0.1) is 13.8 Å². The molecule has 2 unspecified atom stereocenters. The summed E-state index contributed by atoms with van der Waals surface area (Å²) in [7, 11) is 0. The third-order valence-electron chi connectivity index (χ3n) is 4.32. The van der Waals surface area contributed by atoms with Gasteiger partial charge in [-0.1, -0.05) is 12.5 Å². The van der Waals surface area contributed by atoms with Crippen LogP contribution in [0.15, 0.2) is 18.2 Å². The van der Waals surface area contributed by atoms with E-state index in [4.69, 9.17) is 10.5 Å². The van der Waals surface area contributed by atoms with Crippen molar-refractivity contribution >= 4 is 0 Å². The Morgan fingerprint density at radius 2 is 1.95 bits per heavy atom. The Labute approximate surface area is 129 Å². The van der Waals surface area contributed by atoms with Gasteiger partial charge in [0, 0.05) is 18.6 Å². The molecule has 0 aromatic heterocycles. The maximum Gasteiger partial charge on any atom is 0.119 e. The first-order valence-electron chi connectivity index (χ1n) is 8.27. The molecule has 0 aliphatic carbocycles. The quantitative estimate of drug-likeness (QED) is 0.817. The first-order chi connectivity index (χ1) is 10.1. The van der Waals surface area contributed by atoms with E-state index in [1.807, 2.05) is 0 Å². The highest BCUT2D eigenvalue weighted by Gasteiger charge is 2.24. The molecule has 0 spiro atoms. The summed E-state index contributed by atoms with van der Waals surface area (Å²) < 4.78 is 5.90. The molecule has 0 radical (unpaired) electrons. The van der Waals surface area contributed by atoms with Crippen LogP contribution in [0.25, 0.3) is 0 Å². The molecule has 1 aromatic rings. The van der Waals surface area contributed by atoms with Gasteiger partial charge >= 0.3 is 0 Å². The van der Waals surface area contributed by atoms with Crippen LogP contribution in [0.1, 0.15) is 43.7 Å². The van der Waals surface area contributed by atoms with E-state index in [0.29, 0.717) is 6.04 Å². The number of nitrogens with two attached hydrogens (primary N) is 1. The van der Waals surface area contributed by atoms with Gasteiger partial charge in [-0.15, -0.1) is 0 Å². The van der Waals surface area contributed by atoms with Crippen LogP contribution in [-0.2, 0) is 0 Å². The summed E-state index contributed by atoms with van der Waals surface area (Å²) in [4.78, 5) is 2.55. The average Bonchev–Trinajstić information content (AvgIpc) is 2.43. The zero-order valence-electron chi connectivity index (χ0n) is 13.8. The molecule has 2 rings (SSSR count). The molecule has 3 heteroatoms. The zero-order valence-corrected chi connectivity index (χ0v) is 13.8. The first kappa shape index (κ1) is 16.3. The van der Waals surface area contributed by atoms with Crippen molar-refractivity contribution in [1.29, 1.82) is 0 Å². The van der Waals surface area contributed by atoms with Crippen LogP contribution in [0.2, 0.25) is 0 Å². The smallest absolute Gasteiger partial charge is 0.119 e. The number of hydrogen-bond donors (Lipinski definition) is 1. The third-order valence-corrected chi connectivity index (χ3v) is 4.32. The fourth-order valence-corrected chi connectivity index (χ4v) is 3.36. The van der Waals surface area contributed by atoms with Crippen LogP contribution >= 0.6 is 0 Å². The summed E-state index contributed by atoms with van der Waals surface area (Å²) in [6.07, 6.45) is 4.94. The molecule has 118 valence electrons. The summed E-state index contributed by atoms with van der Waals surface area (Å²) in [6, 6.07) is 7.22. The minimum atomic E-state index is 0.269. The van der Waals surface area contributed by atoms with Gasteiger partial charge in [-0.3, -0.25) is 4.90 Å². The molecule has 2 atom stereocenters. The Balaban J connectivity index is 1.75. The molecule has 1 aliphatic rings. The van der Waals surface area contributed by atoms with Crippen molar-refractivity contribution in [2.24, 2.45) is 5.73 Å². The molecule has 1 aromatic carbocycles. The Kier molecular flexibility index (Phi) is 6.07. The molecule has 3 nitrogen and oxygen atoms in total. The Hall–Kier alpha value is -1.06. The van der Waals surface area contributed by atoms with Gasteiger partial charge in [-0.05, 0) is 69.8 Å². The fraction of sp³-hybridized carbons (Fsp3) is 0.667. The van der Waals surface area contributed by atoms with E-state index in [2.05, 4.69) is 43.9 Å². The van der Waals surface area contributed by atoms with Gasteiger partial charge in [0.2, 0.25) is 0 Å². The highest BCUT2D eigenvalue weighted by Crippen LogP contribution is 2.20. The summed E-state index contributed by atoms with van der Waals surface area (Å²) in [5, 5.41) is 0. The van der Waals surface area contributed by atoms with Gasteiger partial charge in [0.05, 0.1) is 6.61 Å². The fourth-order valence-electron chi connectivity index (χ4n) is 3.36. The molecule has 0 saturated carbocycles. The molecule has 21 heavy (non-hydrogen) atoms. The van der Waals surface area contributed by atoms with Crippen LogP contribution in [0.5, 0.6) is 5.75 Å². The lowest BCUT2D eigenvalue weighted by Gasteiger charge is -2.38. The lowest BCUT2D eigenvalue weighted by atomic mass is 9.97. The maximum absolute atomic E-state index is 6.11. The van der Waals surface area contributed by atoms with Gasteiger partial charge in [0.1, 0.15) is 5.75 Å². The zero-order chi connectivity index (χ0) is 15.2. The van der Waals surface area contributed by atoms with Crippen LogP contribution in [-0.4, -0.2) is 36.7 Å². The van der Waals surface area contributed by atoms with E-state index < -0.39 is 0 Å². The second kappa shape index (κ2) is 7.81. The van der Waals surface area contributed by atoms with Crippen molar-refractivity contribution in [3.05, 3.63) is 29.3 Å². The first-order valence-corrected chi connectivity index (χ1v) is 8.27. The van der Waals surface area contributed by atoms with Crippen LogP contribution in [0.3, 0.4) is 0 Å². The maximum atomic E-state index is 6.11. The number of rotatable bonds is 6. The molecule has 2 N–H and O–H groups in total. The van der Waals surface area contributed by atoms with E-state index in [1.165, 1.54) is 36.9 Å². The summed E-state index contributed by atoms with van der Waals surface area (Å²) in [6.45, 7) is 9.43. The minimum absolute atomic E-state index is 0.269. The highest BCUT2D eigenvalue weighted by molar-refractivity contribution is 5.32. The molecule has 0 amide bonds. The lowest BCUT2D eigenvalue weighted by Crippen LogP contribution is -2.49. The van der Waals surface area contributed by atoms with E-state index >= 15 is 0 Å². The number of ether oxygens (including phenoxy) is 1. The lowest BCUT2D eigenvalue weighted by molar-refractivity contribution is 0.122. The molecule has 1 fully saturated rings. The SMILES string of the molecule is Cc1cc(C)cc(OCCCN2CCCCC2C(C)N)c1. The minimum Gasteiger partial charge on any atom is -0.494 e. The van der Waals surface area contributed by atoms with Crippen molar-refractivity contribution in [3.63, 3.8) is 0 Å². The number of likely N-dealkylation sites (tertiary alicyclic amines) is 1. The van der Waals surface area contributed by atoms with Gasteiger partial charge in [0.15, 0.2) is 0 Å². The van der Waals surface area contributed by atoms with Crippen molar-refractivity contribution in [1.82, 2.24) is 4.90 Å². The van der Waals surface area contributed by atoms with Gasteiger partial charge in [-0.25, -0.2) is 0 Å². The van der Waals surface area contributed by atoms with Crippen molar-refractivity contribution in [2.45, 2.75) is 58.5 Å². The van der Waals surface area contributed by atoms with Gasteiger partial charge in [-0.2, -0.15) is 0 Å². The number of nitrogens with zero attached hydrogens (tertiary/aromatic N) is 1. The van der Waals surface area contributed by atoms with Crippen molar-refractivity contribution < 1.29 is 4.74 Å². The average molecular weight is 290 g/mol. The van der Waals surface area contributed by atoms with Crippen molar-refractivity contribution in [3.8, 4) is 5.75 Å². The predicted molar refractivity (Wildman–Crippen MR) is 88.9 cm³/mol. The Morgan fingerprint density at radius 1 is 1.24 bits per heavy atom.